The number of aromatic hydroxyl groups is 2. The summed E-state index contributed by atoms with van der Waals surface area (Å²) in [6.07, 6.45) is 0. The van der Waals surface area contributed by atoms with E-state index in [-0.39, 0.29) is 21.3 Å². The van der Waals surface area contributed by atoms with Crippen LogP contribution in [0.3, 0.4) is 0 Å². The van der Waals surface area contributed by atoms with Crippen LogP contribution >= 0.6 is 0 Å². The number of rotatable bonds is 2. The van der Waals surface area contributed by atoms with E-state index in [4.69, 9.17) is 0 Å². The second kappa shape index (κ2) is 5.07. The maximum atomic E-state index is 12.8. The van der Waals surface area contributed by atoms with Gasteiger partial charge in [-0.1, -0.05) is 12.1 Å². The summed E-state index contributed by atoms with van der Waals surface area (Å²) in [4.78, 5) is -0.104. The summed E-state index contributed by atoms with van der Waals surface area (Å²) in [6, 6.07) is 5.97. The fourth-order valence-corrected chi connectivity index (χ4v) is 4.29. The molecule has 112 valence electrons. The van der Waals surface area contributed by atoms with E-state index in [1.165, 1.54) is 12.1 Å². The Bertz CT molecular complexity index is 797. The predicted molar refractivity (Wildman–Crippen MR) is 80.6 cm³/mol. The lowest BCUT2D eigenvalue weighted by molar-refractivity contribution is 0.456. The minimum absolute atomic E-state index is 0.00727. The topological polar surface area (TPSA) is 74.6 Å². The second-order valence-electron chi connectivity index (χ2n) is 5.34. The van der Waals surface area contributed by atoms with Gasteiger partial charge < -0.3 is 10.2 Å². The molecule has 0 fully saturated rings. The summed E-state index contributed by atoms with van der Waals surface area (Å²) in [6.45, 7) is 6.79. The highest BCUT2D eigenvalue weighted by Crippen LogP contribution is 2.35. The lowest BCUT2D eigenvalue weighted by Gasteiger charge is -2.14. The molecule has 0 aromatic heterocycles. The zero-order chi connectivity index (χ0) is 15.9. The molecule has 0 saturated heterocycles. The summed E-state index contributed by atoms with van der Waals surface area (Å²) in [5, 5.41) is 19.8. The van der Waals surface area contributed by atoms with Crippen LogP contribution in [0.25, 0.3) is 0 Å². The lowest BCUT2D eigenvalue weighted by atomic mass is 10.1. The van der Waals surface area contributed by atoms with Crippen LogP contribution in [0.15, 0.2) is 34.1 Å². The first-order valence-corrected chi connectivity index (χ1v) is 7.98. The van der Waals surface area contributed by atoms with Crippen LogP contribution in [0, 0.1) is 27.7 Å². The standard InChI is InChI=1S/C16H18O4S/c1-9-5-12(4)16(14(18)6-9)21(19,20)15-8-13(17)10(2)7-11(15)3/h5-8,17-18H,1-4H3. The zero-order valence-electron chi connectivity index (χ0n) is 12.4. The van der Waals surface area contributed by atoms with Crippen LogP contribution in [0.2, 0.25) is 0 Å². The van der Waals surface area contributed by atoms with Gasteiger partial charge in [0.2, 0.25) is 9.84 Å². The first kappa shape index (κ1) is 15.4. The zero-order valence-corrected chi connectivity index (χ0v) is 13.2. The normalized spacial score (nSPS) is 11.6. The molecule has 2 rings (SSSR count). The summed E-state index contributed by atoms with van der Waals surface area (Å²) in [7, 11) is -3.90. The smallest absolute Gasteiger partial charge is 0.210 e. The van der Waals surface area contributed by atoms with E-state index in [1.54, 1.807) is 39.8 Å². The van der Waals surface area contributed by atoms with Gasteiger partial charge in [-0.25, -0.2) is 8.42 Å². The maximum absolute atomic E-state index is 12.8. The highest BCUT2D eigenvalue weighted by molar-refractivity contribution is 7.91. The van der Waals surface area contributed by atoms with Crippen LogP contribution < -0.4 is 0 Å². The number of hydrogen-bond donors (Lipinski definition) is 2. The van der Waals surface area contributed by atoms with Gasteiger partial charge in [-0.3, -0.25) is 0 Å². The van der Waals surface area contributed by atoms with Crippen LogP contribution in [-0.4, -0.2) is 18.6 Å². The number of sulfone groups is 1. The molecule has 21 heavy (non-hydrogen) atoms. The highest BCUT2D eigenvalue weighted by Gasteiger charge is 2.26. The minimum Gasteiger partial charge on any atom is -0.508 e. The third kappa shape index (κ3) is 2.61. The molecule has 5 heteroatoms. The van der Waals surface area contributed by atoms with E-state index in [0.29, 0.717) is 16.7 Å². The van der Waals surface area contributed by atoms with Gasteiger partial charge in [0.1, 0.15) is 16.4 Å². The van der Waals surface area contributed by atoms with Crippen molar-refractivity contribution in [3.8, 4) is 11.5 Å². The summed E-state index contributed by atoms with van der Waals surface area (Å²) < 4.78 is 25.6. The molecular weight excluding hydrogens is 288 g/mol. The Kier molecular flexibility index (Phi) is 3.72. The number of aryl methyl sites for hydroxylation is 4. The fourth-order valence-electron chi connectivity index (χ4n) is 2.50. The molecule has 0 bridgehead atoms. The Balaban J connectivity index is 2.78. The molecule has 0 aliphatic rings. The Labute approximate surface area is 124 Å². The number of phenolic OH excluding ortho intramolecular Hbond substituents is 2. The van der Waals surface area contributed by atoms with Crippen molar-refractivity contribution in [2.24, 2.45) is 0 Å². The van der Waals surface area contributed by atoms with Crippen molar-refractivity contribution in [3.05, 3.63) is 46.5 Å². The van der Waals surface area contributed by atoms with Crippen LogP contribution in [0.5, 0.6) is 11.5 Å². The molecule has 0 saturated carbocycles. The van der Waals surface area contributed by atoms with Gasteiger partial charge in [0, 0.05) is 0 Å². The summed E-state index contributed by atoms with van der Waals surface area (Å²) >= 11 is 0. The van der Waals surface area contributed by atoms with Gasteiger partial charge >= 0.3 is 0 Å². The number of hydrogen-bond acceptors (Lipinski definition) is 4. The Hall–Kier alpha value is -2.01. The first-order valence-electron chi connectivity index (χ1n) is 6.50. The predicted octanol–water partition coefficient (Wildman–Crippen LogP) is 3.16. The highest BCUT2D eigenvalue weighted by atomic mass is 32.2. The van der Waals surface area contributed by atoms with Crippen molar-refractivity contribution in [1.82, 2.24) is 0 Å². The van der Waals surface area contributed by atoms with E-state index in [2.05, 4.69) is 0 Å². The largest absolute Gasteiger partial charge is 0.508 e. The van der Waals surface area contributed by atoms with Gasteiger partial charge in [-0.2, -0.15) is 0 Å². The van der Waals surface area contributed by atoms with Crippen molar-refractivity contribution in [1.29, 1.82) is 0 Å². The number of phenols is 2. The van der Waals surface area contributed by atoms with Gasteiger partial charge in [-0.15, -0.1) is 0 Å². The molecule has 0 amide bonds. The van der Waals surface area contributed by atoms with E-state index >= 15 is 0 Å². The molecule has 2 aromatic carbocycles. The van der Waals surface area contributed by atoms with Gasteiger partial charge in [0.25, 0.3) is 0 Å². The minimum atomic E-state index is -3.90. The summed E-state index contributed by atoms with van der Waals surface area (Å²) in [5.41, 5.74) is 2.40. The van der Waals surface area contributed by atoms with Crippen LogP contribution in [0.4, 0.5) is 0 Å². The summed E-state index contributed by atoms with van der Waals surface area (Å²) in [5.74, 6) is -0.351. The van der Waals surface area contributed by atoms with E-state index in [0.717, 1.165) is 5.56 Å². The molecular formula is C16H18O4S. The first-order chi connectivity index (χ1) is 9.64. The molecule has 0 radical (unpaired) electrons. The number of benzene rings is 2. The third-order valence-electron chi connectivity index (χ3n) is 3.45. The van der Waals surface area contributed by atoms with E-state index in [9.17, 15) is 18.6 Å². The van der Waals surface area contributed by atoms with Crippen molar-refractivity contribution in [3.63, 3.8) is 0 Å². The molecule has 0 heterocycles. The van der Waals surface area contributed by atoms with Crippen LogP contribution in [-0.2, 0) is 9.84 Å². The van der Waals surface area contributed by atoms with E-state index in [1.807, 2.05) is 0 Å². The van der Waals surface area contributed by atoms with Crippen molar-refractivity contribution in [2.45, 2.75) is 37.5 Å². The van der Waals surface area contributed by atoms with Crippen molar-refractivity contribution in [2.75, 3.05) is 0 Å². The molecule has 2 aromatic rings. The molecule has 0 spiro atoms. The van der Waals surface area contributed by atoms with Crippen molar-refractivity contribution < 1.29 is 18.6 Å². The Morgan fingerprint density at radius 1 is 0.762 bits per heavy atom. The average molecular weight is 306 g/mol. The van der Waals surface area contributed by atoms with Crippen molar-refractivity contribution >= 4 is 9.84 Å². The quantitative estimate of drug-likeness (QED) is 0.893. The molecule has 4 nitrogen and oxygen atoms in total. The van der Waals surface area contributed by atoms with Gasteiger partial charge in [0.05, 0.1) is 4.90 Å². The molecule has 0 unspecified atom stereocenters. The van der Waals surface area contributed by atoms with Crippen LogP contribution in [0.1, 0.15) is 22.3 Å². The van der Waals surface area contributed by atoms with Gasteiger partial charge in [-0.05, 0) is 62.1 Å². The van der Waals surface area contributed by atoms with Gasteiger partial charge in [0.15, 0.2) is 0 Å². The lowest BCUT2D eigenvalue weighted by Crippen LogP contribution is -2.07. The Morgan fingerprint density at radius 2 is 1.38 bits per heavy atom. The molecule has 0 aliphatic heterocycles. The third-order valence-corrected chi connectivity index (χ3v) is 5.54. The monoisotopic (exact) mass is 306 g/mol. The molecule has 0 atom stereocenters. The SMILES string of the molecule is Cc1cc(C)c(S(=O)(=O)c2cc(O)c(C)cc2C)c(O)c1. The van der Waals surface area contributed by atoms with E-state index < -0.39 is 9.84 Å². The average Bonchev–Trinajstić information content (AvgIpc) is 2.31. The fraction of sp³-hybridized carbons (Fsp3) is 0.250. The molecule has 0 aliphatic carbocycles. The second-order valence-corrected chi connectivity index (χ2v) is 7.19. The maximum Gasteiger partial charge on any atom is 0.210 e. The Morgan fingerprint density at radius 3 is 1.95 bits per heavy atom. The molecule has 2 N–H and O–H groups in total.